The fourth-order valence-corrected chi connectivity index (χ4v) is 5.55. The van der Waals surface area contributed by atoms with E-state index >= 15 is 0 Å². The molecule has 0 atom stereocenters. The number of nitrogens with zero attached hydrogens (tertiary/aromatic N) is 2. The molecule has 11 heteroatoms. The molecule has 1 aromatic carbocycles. The Morgan fingerprint density at radius 2 is 1.68 bits per heavy atom. The number of aromatic nitrogens is 2. The molecule has 0 unspecified atom stereocenters. The maximum Gasteiger partial charge on any atom is 0.411 e. The monoisotopic (exact) mass is 549 g/mol. The van der Waals surface area contributed by atoms with Crippen molar-refractivity contribution in [3.05, 3.63) is 44.3 Å². The molecule has 1 saturated carbocycles. The molecule has 37 heavy (non-hydrogen) atoms. The lowest BCUT2D eigenvalue weighted by atomic mass is 9.80. The van der Waals surface area contributed by atoms with Crippen LogP contribution < -0.4 is 25.5 Å². The van der Waals surface area contributed by atoms with Gasteiger partial charge >= 0.3 is 6.09 Å². The summed E-state index contributed by atoms with van der Waals surface area (Å²) in [6.07, 6.45) is 1.98. The molecule has 0 saturated heterocycles. The Labute approximate surface area is 224 Å². The maximum atomic E-state index is 14.6. The van der Waals surface area contributed by atoms with Crippen molar-refractivity contribution in [2.75, 3.05) is 27.9 Å². The number of pyridine rings is 2. The van der Waals surface area contributed by atoms with Crippen LogP contribution >= 0.6 is 23.2 Å². The van der Waals surface area contributed by atoms with Gasteiger partial charge in [-0.1, -0.05) is 44.0 Å². The molecule has 0 spiro atoms. The van der Waals surface area contributed by atoms with Crippen LogP contribution in [0.25, 0.3) is 22.0 Å². The fourth-order valence-electron chi connectivity index (χ4n) is 4.86. The molecule has 1 fully saturated rings. The second-order valence-electron chi connectivity index (χ2n) is 10.0. The van der Waals surface area contributed by atoms with E-state index in [-0.39, 0.29) is 21.5 Å². The average molecular weight is 550 g/mol. The van der Waals surface area contributed by atoms with Gasteiger partial charge in [0.2, 0.25) is 5.88 Å². The van der Waals surface area contributed by atoms with Gasteiger partial charge in [0.15, 0.2) is 0 Å². The summed E-state index contributed by atoms with van der Waals surface area (Å²) < 4.78 is 23.2. The molecule has 3 aromatic rings. The molecule has 1 aliphatic rings. The van der Waals surface area contributed by atoms with Crippen molar-refractivity contribution in [2.45, 2.75) is 44.6 Å². The summed E-state index contributed by atoms with van der Waals surface area (Å²) in [4.78, 5) is 30.4. The summed E-state index contributed by atoms with van der Waals surface area (Å²) in [6.45, 7) is 6.23. The summed E-state index contributed by atoms with van der Waals surface area (Å²) in [6, 6.07) is 3.12. The van der Waals surface area contributed by atoms with Crippen molar-refractivity contribution in [3.63, 3.8) is 0 Å². The number of nitrogens with two attached hydrogens (primary N) is 1. The van der Waals surface area contributed by atoms with Crippen molar-refractivity contribution < 1.29 is 23.7 Å². The maximum absolute atomic E-state index is 14.6. The van der Waals surface area contributed by atoms with Crippen LogP contribution in [0.5, 0.6) is 17.4 Å². The SMILES string of the molecule is COCC1(n2c(=O)c(-c3c(Cl)c(OC)cc(OC)c3Cl)c(C(C)(C)C)c3cnc(OC(N)=O)cc32)CC1. The number of amides is 1. The number of methoxy groups -OCH3 is 3. The molecule has 1 amide bonds. The van der Waals surface area contributed by atoms with E-state index < -0.39 is 17.0 Å². The van der Waals surface area contributed by atoms with Crippen LogP contribution in [0, 0.1) is 0 Å². The van der Waals surface area contributed by atoms with Crippen molar-refractivity contribution in [3.8, 4) is 28.5 Å². The first-order valence-corrected chi connectivity index (χ1v) is 12.3. The second-order valence-corrected chi connectivity index (χ2v) is 10.8. The lowest BCUT2D eigenvalue weighted by molar-refractivity contribution is 0.144. The van der Waals surface area contributed by atoms with Gasteiger partial charge in [-0.2, -0.15) is 0 Å². The third kappa shape index (κ3) is 4.60. The number of hydrogen-bond donors (Lipinski definition) is 1. The summed E-state index contributed by atoms with van der Waals surface area (Å²) in [5, 5.41) is 1.02. The minimum absolute atomic E-state index is 0.0203. The minimum Gasteiger partial charge on any atom is -0.495 e. The molecule has 2 aromatic heterocycles. The summed E-state index contributed by atoms with van der Waals surface area (Å²) in [5.74, 6) is 0.600. The molecular formula is C26H29Cl2N3O6. The van der Waals surface area contributed by atoms with Gasteiger partial charge in [0.1, 0.15) is 11.5 Å². The van der Waals surface area contributed by atoms with Crippen molar-refractivity contribution in [1.82, 2.24) is 9.55 Å². The number of carbonyl (C=O) groups excluding carboxylic acids is 1. The first kappa shape index (κ1) is 27.0. The standard InChI is InChI=1S/C26H29Cl2N3O6/c1-25(2,3)20-13-11-30-17(37-24(29)33)9-14(13)31(26(7-8-26)12-34-4)23(32)18(20)19-21(27)15(35-5)10-16(36-6)22(19)28/h9-11H,7-8,12H2,1-6H3,(H2,29,33). The lowest BCUT2D eigenvalue weighted by Crippen LogP contribution is -2.37. The minimum atomic E-state index is -1.01. The molecular weight excluding hydrogens is 521 g/mol. The predicted molar refractivity (Wildman–Crippen MR) is 143 cm³/mol. The Bertz CT molecular complexity index is 1430. The van der Waals surface area contributed by atoms with E-state index in [0.29, 0.717) is 58.5 Å². The third-order valence-corrected chi connectivity index (χ3v) is 7.28. The Morgan fingerprint density at radius 3 is 2.14 bits per heavy atom. The van der Waals surface area contributed by atoms with E-state index in [0.717, 1.165) is 0 Å². The number of hydrogen-bond acceptors (Lipinski definition) is 7. The van der Waals surface area contributed by atoms with Gasteiger partial charge in [0.25, 0.3) is 5.56 Å². The van der Waals surface area contributed by atoms with Gasteiger partial charge in [0.05, 0.1) is 47.5 Å². The molecule has 9 nitrogen and oxygen atoms in total. The van der Waals surface area contributed by atoms with Gasteiger partial charge in [-0.3, -0.25) is 9.36 Å². The fraction of sp³-hybridized carbons (Fsp3) is 0.423. The van der Waals surface area contributed by atoms with Gasteiger partial charge < -0.3 is 24.7 Å². The van der Waals surface area contributed by atoms with Crippen LogP contribution in [0.1, 0.15) is 39.2 Å². The van der Waals surface area contributed by atoms with E-state index in [1.165, 1.54) is 14.2 Å². The number of ether oxygens (including phenoxy) is 4. The average Bonchev–Trinajstić information content (AvgIpc) is 3.58. The number of halogens is 2. The van der Waals surface area contributed by atoms with E-state index in [9.17, 15) is 9.59 Å². The lowest BCUT2D eigenvalue weighted by Gasteiger charge is -2.30. The highest BCUT2D eigenvalue weighted by atomic mass is 35.5. The van der Waals surface area contributed by atoms with Crippen LogP contribution in [0.2, 0.25) is 10.0 Å². The number of primary amides is 1. The number of benzene rings is 1. The number of carbonyl (C=O) groups is 1. The Hall–Kier alpha value is -3.01. The summed E-state index contributed by atoms with van der Waals surface area (Å²) in [7, 11) is 4.54. The zero-order valence-electron chi connectivity index (χ0n) is 21.5. The first-order chi connectivity index (χ1) is 17.4. The predicted octanol–water partition coefficient (Wildman–Crippen LogP) is 5.28. The largest absolute Gasteiger partial charge is 0.495 e. The van der Waals surface area contributed by atoms with Crippen LogP contribution in [-0.4, -0.2) is 43.6 Å². The molecule has 2 N–H and O–H groups in total. The summed E-state index contributed by atoms with van der Waals surface area (Å²) >= 11 is 13.6. The highest BCUT2D eigenvalue weighted by Crippen LogP contribution is 2.51. The van der Waals surface area contributed by atoms with Gasteiger partial charge in [-0.05, 0) is 23.8 Å². The van der Waals surface area contributed by atoms with Crippen LogP contribution in [0.4, 0.5) is 4.79 Å². The van der Waals surface area contributed by atoms with E-state index in [2.05, 4.69) is 4.98 Å². The molecule has 0 aliphatic heterocycles. The quantitative estimate of drug-likeness (QED) is 0.426. The van der Waals surface area contributed by atoms with Crippen molar-refractivity contribution >= 4 is 40.2 Å². The van der Waals surface area contributed by atoms with Crippen molar-refractivity contribution in [2.24, 2.45) is 5.73 Å². The molecule has 2 heterocycles. The van der Waals surface area contributed by atoms with Gasteiger partial charge in [-0.15, -0.1) is 0 Å². The zero-order chi connectivity index (χ0) is 27.3. The zero-order valence-corrected chi connectivity index (χ0v) is 23.0. The van der Waals surface area contributed by atoms with Crippen LogP contribution in [0.3, 0.4) is 0 Å². The Morgan fingerprint density at radius 1 is 1.08 bits per heavy atom. The second kappa shape index (κ2) is 9.70. The Kier molecular flexibility index (Phi) is 7.09. The van der Waals surface area contributed by atoms with Gasteiger partial charge in [0, 0.05) is 36.4 Å². The molecule has 0 radical (unpaired) electrons. The molecule has 1 aliphatic carbocycles. The third-order valence-electron chi connectivity index (χ3n) is 6.53. The first-order valence-electron chi connectivity index (χ1n) is 11.6. The van der Waals surface area contributed by atoms with E-state index in [1.54, 1.807) is 30.0 Å². The van der Waals surface area contributed by atoms with E-state index in [1.807, 2.05) is 20.8 Å². The number of fused-ring (bicyclic) bond motifs is 1. The topological polar surface area (TPSA) is 115 Å². The Balaban J connectivity index is 2.26. The highest BCUT2D eigenvalue weighted by Gasteiger charge is 2.47. The van der Waals surface area contributed by atoms with E-state index in [4.69, 9.17) is 47.9 Å². The normalized spacial score (nSPS) is 14.5. The number of rotatable bonds is 7. The van der Waals surface area contributed by atoms with Crippen LogP contribution in [0.15, 0.2) is 23.1 Å². The molecule has 198 valence electrons. The molecule has 4 rings (SSSR count). The van der Waals surface area contributed by atoms with Crippen molar-refractivity contribution in [1.29, 1.82) is 0 Å². The summed E-state index contributed by atoms with van der Waals surface area (Å²) in [5.41, 5.74) is 5.52. The smallest absolute Gasteiger partial charge is 0.411 e. The van der Waals surface area contributed by atoms with Gasteiger partial charge in [-0.25, -0.2) is 9.78 Å². The van der Waals surface area contributed by atoms with Crippen LogP contribution in [-0.2, 0) is 15.7 Å². The molecule has 0 bridgehead atoms. The highest BCUT2D eigenvalue weighted by molar-refractivity contribution is 6.41.